The average molecular weight is 703 g/mol. The van der Waals surface area contributed by atoms with Crippen LogP contribution in [0.5, 0.6) is 0 Å². The van der Waals surface area contributed by atoms with Gasteiger partial charge in [-0.1, -0.05) is 168 Å². The molecule has 9 nitrogen and oxygen atoms in total. The van der Waals surface area contributed by atoms with E-state index in [4.69, 9.17) is 18.9 Å². The highest BCUT2D eigenvalue weighted by atomic mass is 16.7. The van der Waals surface area contributed by atoms with Crippen LogP contribution in [0.1, 0.15) is 187 Å². The van der Waals surface area contributed by atoms with Gasteiger partial charge in [-0.05, 0) is 12.8 Å². The van der Waals surface area contributed by atoms with Gasteiger partial charge < -0.3 is 39.4 Å². The summed E-state index contributed by atoms with van der Waals surface area (Å²) in [5.74, 6) is -0.310. The molecule has 0 amide bonds. The van der Waals surface area contributed by atoms with Crippen LogP contribution in [0.25, 0.3) is 0 Å². The van der Waals surface area contributed by atoms with E-state index in [0.717, 1.165) is 32.1 Å². The van der Waals surface area contributed by atoms with E-state index in [0.29, 0.717) is 13.0 Å². The van der Waals surface area contributed by atoms with E-state index in [2.05, 4.69) is 13.8 Å². The fourth-order valence-corrected chi connectivity index (χ4v) is 6.49. The molecular weight excluding hydrogens is 624 g/mol. The maximum Gasteiger partial charge on any atom is 0.306 e. The SMILES string of the molecule is CCCCCCCCCCCCCCCCCC(=O)OC(COCCCCCCCCCCCCC)COC1OC(CO)C(O)C(O)C1O. The summed E-state index contributed by atoms with van der Waals surface area (Å²) in [6, 6.07) is 0. The number of ether oxygens (including phenoxy) is 4. The van der Waals surface area contributed by atoms with E-state index in [-0.39, 0.29) is 19.2 Å². The van der Waals surface area contributed by atoms with E-state index in [9.17, 15) is 25.2 Å². The first-order valence-corrected chi connectivity index (χ1v) is 20.6. The van der Waals surface area contributed by atoms with Crippen molar-refractivity contribution in [2.45, 2.75) is 224 Å². The van der Waals surface area contributed by atoms with E-state index >= 15 is 0 Å². The maximum absolute atomic E-state index is 12.7. The molecule has 1 aliphatic heterocycles. The van der Waals surface area contributed by atoms with Gasteiger partial charge in [0.15, 0.2) is 6.29 Å². The lowest BCUT2D eigenvalue weighted by Gasteiger charge is -2.39. The number of rotatable bonds is 35. The Bertz CT molecular complexity index is 722. The van der Waals surface area contributed by atoms with Crippen LogP contribution in [0.3, 0.4) is 0 Å². The summed E-state index contributed by atoms with van der Waals surface area (Å²) < 4.78 is 22.7. The van der Waals surface area contributed by atoms with Crippen LogP contribution in [0.15, 0.2) is 0 Å². The van der Waals surface area contributed by atoms with Crippen molar-refractivity contribution < 1.29 is 44.2 Å². The maximum atomic E-state index is 12.7. The van der Waals surface area contributed by atoms with Crippen LogP contribution in [0, 0.1) is 0 Å². The topological polar surface area (TPSA) is 135 Å². The molecule has 49 heavy (non-hydrogen) atoms. The zero-order valence-electron chi connectivity index (χ0n) is 31.7. The molecule has 0 bridgehead atoms. The summed E-state index contributed by atoms with van der Waals surface area (Å²) in [4.78, 5) is 12.7. The number of aliphatic hydroxyl groups is 4. The van der Waals surface area contributed by atoms with Gasteiger partial charge in [-0.15, -0.1) is 0 Å². The number of hydrogen-bond donors (Lipinski definition) is 4. The Labute approximate surface area is 300 Å². The van der Waals surface area contributed by atoms with E-state index in [1.54, 1.807) is 0 Å². The summed E-state index contributed by atoms with van der Waals surface area (Å²) in [6.07, 6.45) is 25.5. The summed E-state index contributed by atoms with van der Waals surface area (Å²) in [5.41, 5.74) is 0. The minimum atomic E-state index is -1.53. The molecule has 9 heteroatoms. The van der Waals surface area contributed by atoms with Crippen molar-refractivity contribution in [1.29, 1.82) is 0 Å². The molecule has 0 spiro atoms. The van der Waals surface area contributed by atoms with E-state index in [1.807, 2.05) is 0 Å². The zero-order valence-corrected chi connectivity index (χ0v) is 31.7. The normalized spacial score (nSPS) is 21.6. The summed E-state index contributed by atoms with van der Waals surface area (Å²) in [6.45, 7) is 4.58. The molecule has 0 aromatic rings. The average Bonchev–Trinajstić information content (AvgIpc) is 3.10. The van der Waals surface area contributed by atoms with Gasteiger partial charge in [-0.2, -0.15) is 0 Å². The molecule has 1 heterocycles. The molecule has 1 aliphatic rings. The van der Waals surface area contributed by atoms with Crippen LogP contribution >= 0.6 is 0 Å². The lowest BCUT2D eigenvalue weighted by Crippen LogP contribution is -2.59. The highest BCUT2D eigenvalue weighted by Crippen LogP contribution is 2.22. The van der Waals surface area contributed by atoms with Gasteiger partial charge in [0.2, 0.25) is 0 Å². The Balaban J connectivity index is 2.28. The third-order valence-corrected chi connectivity index (χ3v) is 9.77. The number of esters is 1. The van der Waals surface area contributed by atoms with Gasteiger partial charge in [-0.25, -0.2) is 0 Å². The molecule has 0 saturated carbocycles. The second-order valence-corrected chi connectivity index (χ2v) is 14.5. The predicted molar refractivity (Wildman–Crippen MR) is 196 cm³/mol. The first-order chi connectivity index (χ1) is 23.9. The molecule has 0 radical (unpaired) electrons. The first-order valence-electron chi connectivity index (χ1n) is 20.6. The lowest BCUT2D eigenvalue weighted by atomic mass is 9.99. The van der Waals surface area contributed by atoms with E-state index in [1.165, 1.54) is 135 Å². The molecular formula is C40H78O9. The summed E-state index contributed by atoms with van der Waals surface area (Å²) in [5, 5.41) is 40.0. The molecule has 1 saturated heterocycles. The van der Waals surface area contributed by atoms with Crippen LogP contribution in [-0.2, 0) is 23.7 Å². The number of aliphatic hydroxyl groups excluding tert-OH is 4. The minimum Gasteiger partial charge on any atom is -0.457 e. The fourth-order valence-electron chi connectivity index (χ4n) is 6.49. The van der Waals surface area contributed by atoms with Crippen molar-refractivity contribution in [3.8, 4) is 0 Å². The molecule has 0 aromatic carbocycles. The third-order valence-electron chi connectivity index (χ3n) is 9.77. The van der Waals surface area contributed by atoms with Crippen molar-refractivity contribution in [2.24, 2.45) is 0 Å². The Morgan fingerprint density at radius 1 is 0.571 bits per heavy atom. The largest absolute Gasteiger partial charge is 0.457 e. The van der Waals surface area contributed by atoms with Crippen molar-refractivity contribution in [1.82, 2.24) is 0 Å². The Hall–Kier alpha value is -0.810. The smallest absolute Gasteiger partial charge is 0.306 e. The molecule has 0 aromatic heterocycles. The predicted octanol–water partition coefficient (Wildman–Crippen LogP) is 8.30. The Morgan fingerprint density at radius 3 is 1.45 bits per heavy atom. The zero-order chi connectivity index (χ0) is 35.8. The molecule has 4 N–H and O–H groups in total. The molecule has 0 aliphatic carbocycles. The van der Waals surface area contributed by atoms with Gasteiger partial charge in [0, 0.05) is 13.0 Å². The van der Waals surface area contributed by atoms with Gasteiger partial charge in [0.1, 0.15) is 30.5 Å². The molecule has 6 unspecified atom stereocenters. The number of hydrogen-bond acceptors (Lipinski definition) is 9. The second kappa shape index (κ2) is 33.1. The monoisotopic (exact) mass is 703 g/mol. The fraction of sp³-hybridized carbons (Fsp3) is 0.975. The van der Waals surface area contributed by atoms with Gasteiger partial charge >= 0.3 is 5.97 Å². The van der Waals surface area contributed by atoms with Crippen LogP contribution < -0.4 is 0 Å². The highest BCUT2D eigenvalue weighted by molar-refractivity contribution is 5.69. The number of unbranched alkanes of at least 4 members (excludes halogenated alkanes) is 24. The quantitative estimate of drug-likeness (QED) is 0.0380. The van der Waals surface area contributed by atoms with Crippen molar-refractivity contribution in [3.63, 3.8) is 0 Å². The van der Waals surface area contributed by atoms with Gasteiger partial charge in [-0.3, -0.25) is 4.79 Å². The van der Waals surface area contributed by atoms with Crippen LogP contribution in [0.4, 0.5) is 0 Å². The number of carbonyl (C=O) groups is 1. The van der Waals surface area contributed by atoms with Crippen molar-refractivity contribution in [2.75, 3.05) is 26.4 Å². The number of carbonyl (C=O) groups excluding carboxylic acids is 1. The minimum absolute atomic E-state index is 0.106. The highest BCUT2D eigenvalue weighted by Gasteiger charge is 2.44. The van der Waals surface area contributed by atoms with Crippen molar-refractivity contribution in [3.05, 3.63) is 0 Å². The molecule has 1 rings (SSSR count). The second-order valence-electron chi connectivity index (χ2n) is 14.5. The van der Waals surface area contributed by atoms with Gasteiger partial charge in [0.25, 0.3) is 0 Å². The van der Waals surface area contributed by atoms with Crippen LogP contribution in [-0.4, -0.2) is 89.6 Å². The lowest BCUT2D eigenvalue weighted by molar-refractivity contribution is -0.305. The molecule has 1 fully saturated rings. The molecule has 292 valence electrons. The van der Waals surface area contributed by atoms with Crippen LogP contribution in [0.2, 0.25) is 0 Å². The summed E-state index contributed by atoms with van der Waals surface area (Å²) >= 11 is 0. The van der Waals surface area contributed by atoms with E-state index < -0.39 is 43.4 Å². The van der Waals surface area contributed by atoms with Gasteiger partial charge in [0.05, 0.1) is 19.8 Å². The Kier molecular flexibility index (Phi) is 31.2. The Morgan fingerprint density at radius 2 is 1.00 bits per heavy atom. The summed E-state index contributed by atoms with van der Waals surface area (Å²) in [7, 11) is 0. The standard InChI is InChI=1S/C40H78O9/c1-3-5-7-9-11-13-15-16-17-18-19-21-23-25-27-29-36(42)48-34(33-47-40-39(45)38(44)37(43)35(31-41)49-40)32-46-30-28-26-24-22-20-14-12-10-8-6-4-2/h34-35,37-41,43-45H,3-33H2,1-2H3. The first kappa shape index (κ1) is 46.2. The molecule has 6 atom stereocenters. The third kappa shape index (κ3) is 24.9. The van der Waals surface area contributed by atoms with Crippen molar-refractivity contribution >= 4 is 5.97 Å².